The van der Waals surface area contributed by atoms with Crippen LogP contribution >= 0.6 is 99.0 Å². The highest BCUT2D eigenvalue weighted by atomic mass is 33.1. The minimum atomic E-state index is -0.597. The zero-order chi connectivity index (χ0) is 86.1. The largest absolute Gasteiger partial charge is 0.445 e. The summed E-state index contributed by atoms with van der Waals surface area (Å²) in [5.74, 6) is 6.22. The van der Waals surface area contributed by atoms with Gasteiger partial charge in [-0.05, 0) is 28.7 Å². The Kier molecular flexibility index (Phi) is 76.2. The fourth-order valence-electron chi connectivity index (χ4n) is 8.12. The highest BCUT2D eigenvalue weighted by Gasteiger charge is 2.14. The Morgan fingerprint density at radius 3 is 0.735 bits per heavy atom. The third kappa shape index (κ3) is 74.8. The summed E-state index contributed by atoms with van der Waals surface area (Å²) < 4.78 is 15.2. The Labute approximate surface area is 725 Å². The molecule has 0 aliphatic heterocycles. The van der Waals surface area contributed by atoms with Gasteiger partial charge in [0.1, 0.15) is 19.8 Å². The summed E-state index contributed by atoms with van der Waals surface area (Å²) in [4.78, 5) is 138. The van der Waals surface area contributed by atoms with Gasteiger partial charge in [0, 0.05) is 214 Å². The molecule has 12 amide bonds. The van der Waals surface area contributed by atoms with Gasteiger partial charge in [0.2, 0.25) is 53.2 Å². The first-order valence-corrected chi connectivity index (χ1v) is 48.5. The van der Waals surface area contributed by atoms with Crippen molar-refractivity contribution < 1.29 is 71.7 Å². The summed E-state index contributed by atoms with van der Waals surface area (Å²) in [6.07, 6.45) is 0.838. The molecule has 0 saturated carbocycles. The fourth-order valence-corrected chi connectivity index (χ4v) is 15.4. The Morgan fingerprint density at radius 2 is 0.496 bits per heavy atom. The lowest BCUT2D eigenvalue weighted by molar-refractivity contribution is -0.123. The molecule has 24 N–H and O–H groups in total. The van der Waals surface area contributed by atoms with E-state index in [2.05, 4.69) is 76.4 Å². The quantitative estimate of drug-likeness (QED) is 0.0130. The number of hydrogen-bond donors (Lipinski definition) is 19. The minimum absolute atomic E-state index is 0.0242. The maximum atomic E-state index is 11.9. The van der Waals surface area contributed by atoms with Crippen molar-refractivity contribution in [2.24, 2.45) is 34.4 Å². The fraction of sp³-hybridized carbons (Fsp3) is 0.520. The second-order valence-corrected chi connectivity index (χ2v) is 34.9. The van der Waals surface area contributed by atoms with Crippen LogP contribution in [-0.4, -0.2) is 241 Å². The number of hydrogen-bond acceptors (Lipinski definition) is 30. The molecule has 1 unspecified atom stereocenters. The summed E-state index contributed by atoms with van der Waals surface area (Å²) >= 11 is 4.01. The Bertz CT molecular complexity index is 3270. The molecule has 0 radical (unpaired) electrons. The van der Waals surface area contributed by atoms with E-state index >= 15 is 0 Å². The number of thiol groups is 1. The van der Waals surface area contributed by atoms with Crippen LogP contribution in [0.3, 0.4) is 0 Å². The van der Waals surface area contributed by atoms with Crippen LogP contribution in [0.2, 0.25) is 0 Å². The van der Waals surface area contributed by atoms with Crippen molar-refractivity contribution >= 4 is 170 Å². The van der Waals surface area contributed by atoms with Gasteiger partial charge in [0.25, 0.3) is 0 Å². The number of nitrogens with two attached hydrogens (primary N) is 6. The Balaban J connectivity index is 0.00000155. The third-order valence-electron chi connectivity index (χ3n) is 13.8. The number of amides is 12. The molecule has 0 aliphatic rings. The number of rotatable bonds is 58. The number of alkyl carbamates (subject to hydrolysis) is 3. The summed E-state index contributed by atoms with van der Waals surface area (Å²) in [6, 6.07) is 37.3. The Hall–Kier alpha value is -7.17. The molecule has 4 aromatic carbocycles. The maximum Gasteiger partial charge on any atom is 0.407 e. The van der Waals surface area contributed by atoms with E-state index in [-0.39, 0.29) is 138 Å². The van der Waals surface area contributed by atoms with E-state index in [1.807, 2.05) is 121 Å². The number of carbonyl (C=O) groups excluding carboxylic acids is 12. The zero-order valence-electron chi connectivity index (χ0n) is 66.3. The molecule has 1 atom stereocenters. The first-order chi connectivity index (χ1) is 56.8. The molecular weight excluding hydrogens is 1680 g/mol. The second-order valence-electron chi connectivity index (χ2n) is 23.6. The molecule has 42 heteroatoms. The van der Waals surface area contributed by atoms with Gasteiger partial charge in [-0.15, -0.1) is 0 Å². The normalized spacial score (nSPS) is 10.4. The highest BCUT2D eigenvalue weighted by molar-refractivity contribution is 8.77. The van der Waals surface area contributed by atoms with Crippen LogP contribution in [-0.2, 0) is 83.6 Å². The van der Waals surface area contributed by atoms with Crippen molar-refractivity contribution in [2.75, 3.05) is 163 Å². The summed E-state index contributed by atoms with van der Waals surface area (Å²) in [5, 5.41) is 32.3. The van der Waals surface area contributed by atoms with Gasteiger partial charge in [-0.1, -0.05) is 208 Å². The van der Waals surface area contributed by atoms with Crippen LogP contribution in [0, 0.1) is 0 Å². The number of nitrogens with one attached hydrogen (secondary N) is 12. The van der Waals surface area contributed by atoms with Crippen molar-refractivity contribution in [3.05, 3.63) is 144 Å². The molecule has 0 bridgehead atoms. The van der Waals surface area contributed by atoms with Crippen LogP contribution in [0.5, 0.6) is 0 Å². The van der Waals surface area contributed by atoms with Crippen LogP contribution in [0.1, 0.15) is 73.6 Å². The van der Waals surface area contributed by atoms with Gasteiger partial charge in [-0.25, -0.2) is 14.4 Å². The molecule has 0 aliphatic carbocycles. The summed E-state index contributed by atoms with van der Waals surface area (Å²) in [5.41, 5.74) is 35.9. The smallest absolute Gasteiger partial charge is 0.407 e. The first kappa shape index (κ1) is 110. The van der Waals surface area contributed by atoms with Crippen molar-refractivity contribution in [2.45, 2.75) is 83.6 Å². The zero-order valence-corrected chi connectivity index (χ0v) is 73.7. The second kappa shape index (κ2) is 81.2. The van der Waals surface area contributed by atoms with E-state index in [4.69, 9.17) is 48.6 Å². The monoisotopic (exact) mass is 1800 g/mol. The average Bonchev–Trinajstić information content (AvgIpc) is 0.926. The minimum Gasteiger partial charge on any atom is -0.445 e. The molecule has 117 heavy (non-hydrogen) atoms. The van der Waals surface area contributed by atoms with E-state index in [9.17, 15) is 57.5 Å². The van der Waals surface area contributed by atoms with Crippen LogP contribution in [0.4, 0.5) is 14.4 Å². The van der Waals surface area contributed by atoms with Gasteiger partial charge in [-0.3, -0.25) is 43.2 Å². The number of benzene rings is 4. The molecule has 0 heterocycles. The molecule has 4 aromatic rings. The molecular formula is C75H122N18O15S9. The topological polar surface area (TPSA) is 533 Å². The van der Waals surface area contributed by atoms with Gasteiger partial charge in [-0.2, -0.15) is 12.6 Å². The SMILES string of the molecule is NC(Cc1ccccc1)C(=O)NCCS.NCCC(=O)NCCSSCCNC(=O)CCNC(=O)CCN.NCCSSCCNC(=O)CCN.NCCSSCCNC(=O)CCNC(=O)OCc1ccccc1.O=C(CCNC(=O)CCNC(=O)OCc1ccccc1)NCCSSCCNC(=O)CCNC(=O)OCc1ccccc1. The predicted molar refractivity (Wildman–Crippen MR) is 485 cm³/mol. The van der Waals surface area contributed by atoms with Crippen molar-refractivity contribution in [3.8, 4) is 0 Å². The van der Waals surface area contributed by atoms with Crippen molar-refractivity contribution in [1.29, 1.82) is 0 Å². The first-order valence-electron chi connectivity index (χ1n) is 37.9. The van der Waals surface area contributed by atoms with E-state index in [0.717, 1.165) is 56.8 Å². The van der Waals surface area contributed by atoms with Crippen LogP contribution < -0.4 is 98.2 Å². The summed E-state index contributed by atoms with van der Waals surface area (Å²) in [6.45, 7) is 8.16. The molecule has 656 valence electrons. The van der Waals surface area contributed by atoms with Gasteiger partial charge in [0.15, 0.2) is 0 Å². The Morgan fingerprint density at radius 1 is 0.274 bits per heavy atom. The van der Waals surface area contributed by atoms with Crippen LogP contribution in [0.25, 0.3) is 0 Å². The average molecular weight is 1800 g/mol. The standard InChI is InChI=1S/C29H39N5O7S2.C15H23N3O3S2.C13H27N5O3S2.C11H16N2OS.C7H17N3OS2/c35-25(12-15-33-28(38)40-21-23-7-3-1-4-8-23)30-14-11-26(36)31-17-19-42-43-20-18-32-27(37)13-16-34-29(39)41-22-24-9-5-2-6-10-24;16-7-10-22-23-11-9-17-14(19)6-8-18-15(20)21-12-13-4-2-1-3-5-13;14-4-1-11(19)16-6-3-13(21)18-8-10-23-22-9-7-17-12(20)2-5-15;12-10(11(14)13-6-7-15)8-9-4-2-1-3-5-9;8-2-1-7(11)10-4-6-13-12-5-3-9/h1-10H,11-22H2,(H,30,35)(H,31,36)(H,32,37)(H,33,38)(H,34,39);1-5H,6-12,16H2,(H,17,19)(H,18,20);1-10,14-15H2,(H,16,19)(H,17,20)(H,18,21);1-5,10,15H,6-8,12H2,(H,13,14);1-6,8-9H2,(H,10,11). The lowest BCUT2D eigenvalue weighted by Crippen LogP contribution is -2.42. The molecule has 0 spiro atoms. The number of carbonyl (C=O) groups is 12. The molecule has 33 nitrogen and oxygen atoms in total. The lowest BCUT2D eigenvalue weighted by Gasteiger charge is -2.11. The predicted octanol–water partition coefficient (Wildman–Crippen LogP) is 3.70. The highest BCUT2D eigenvalue weighted by Crippen LogP contribution is 2.21. The van der Waals surface area contributed by atoms with E-state index < -0.39 is 24.3 Å². The van der Waals surface area contributed by atoms with Gasteiger partial charge >= 0.3 is 18.3 Å². The molecule has 0 saturated heterocycles. The van der Waals surface area contributed by atoms with Gasteiger partial charge < -0.3 is 112 Å². The van der Waals surface area contributed by atoms with E-state index in [0.29, 0.717) is 122 Å². The molecule has 0 aromatic heterocycles. The lowest BCUT2D eigenvalue weighted by atomic mass is 10.1. The summed E-state index contributed by atoms with van der Waals surface area (Å²) in [7, 11) is 13.3. The maximum absolute atomic E-state index is 11.9. The number of ether oxygens (including phenoxy) is 3. The molecule has 4 rings (SSSR count). The van der Waals surface area contributed by atoms with Gasteiger partial charge in [0.05, 0.1) is 6.04 Å². The van der Waals surface area contributed by atoms with Crippen molar-refractivity contribution in [1.82, 2.24) is 63.8 Å². The van der Waals surface area contributed by atoms with Crippen LogP contribution in [0.15, 0.2) is 121 Å². The van der Waals surface area contributed by atoms with E-state index in [1.54, 1.807) is 86.4 Å². The molecule has 0 fully saturated rings. The third-order valence-corrected chi connectivity index (χ3v) is 23.7. The van der Waals surface area contributed by atoms with Crippen molar-refractivity contribution in [3.63, 3.8) is 0 Å². The van der Waals surface area contributed by atoms with E-state index in [1.165, 1.54) is 0 Å².